The van der Waals surface area contributed by atoms with Crippen LogP contribution in [-0.4, -0.2) is 21.0 Å². The van der Waals surface area contributed by atoms with E-state index >= 15 is 0 Å². The highest BCUT2D eigenvalue weighted by molar-refractivity contribution is 7.89. The maximum atomic E-state index is 12.6. The third-order valence-corrected chi connectivity index (χ3v) is 5.42. The maximum Gasteiger partial charge on any atom is 0.240 e. The second-order valence-electron chi connectivity index (χ2n) is 6.02. The largest absolute Gasteiger partial charge is 0.383 e. The maximum absolute atomic E-state index is 12.6. The average Bonchev–Trinajstić information content (AvgIpc) is 2.58. The molecule has 4 nitrogen and oxygen atoms in total. The lowest BCUT2D eigenvalue weighted by Crippen LogP contribution is -2.39. The lowest BCUT2D eigenvalue weighted by atomic mass is 10.1. The molecular weight excluding hydrogens is 320 g/mol. The second kappa shape index (κ2) is 8.85. The minimum absolute atomic E-state index is 0.142. The van der Waals surface area contributed by atoms with Gasteiger partial charge >= 0.3 is 0 Å². The van der Waals surface area contributed by atoms with E-state index < -0.39 is 10.0 Å². The van der Waals surface area contributed by atoms with Crippen LogP contribution in [0.15, 0.2) is 59.5 Å². The van der Waals surface area contributed by atoms with Crippen molar-refractivity contribution in [2.75, 3.05) is 11.9 Å². The Morgan fingerprint density at radius 2 is 1.67 bits per heavy atom. The molecule has 0 fully saturated rings. The molecular formula is C19H26N2O2S. The van der Waals surface area contributed by atoms with Crippen molar-refractivity contribution in [1.82, 2.24) is 4.72 Å². The number of aryl methyl sites for hydroxylation is 1. The molecule has 0 aliphatic rings. The van der Waals surface area contributed by atoms with Crippen molar-refractivity contribution in [3.05, 3.63) is 60.2 Å². The third-order valence-electron chi connectivity index (χ3n) is 3.89. The van der Waals surface area contributed by atoms with E-state index in [1.165, 1.54) is 0 Å². The summed E-state index contributed by atoms with van der Waals surface area (Å²) >= 11 is 0. The lowest BCUT2D eigenvalue weighted by Gasteiger charge is -2.20. The molecule has 5 heteroatoms. The van der Waals surface area contributed by atoms with Crippen LogP contribution in [0.3, 0.4) is 0 Å². The van der Waals surface area contributed by atoms with Crippen LogP contribution in [0.1, 0.15) is 31.7 Å². The van der Waals surface area contributed by atoms with Gasteiger partial charge in [-0.25, -0.2) is 13.1 Å². The molecule has 0 saturated heterocycles. The number of nitrogens with one attached hydrogen (secondary N) is 2. The van der Waals surface area contributed by atoms with Crippen molar-refractivity contribution in [3.8, 4) is 0 Å². The summed E-state index contributed by atoms with van der Waals surface area (Å²) in [5.74, 6) is 0. The minimum Gasteiger partial charge on any atom is -0.383 e. The molecule has 2 aromatic rings. The first-order chi connectivity index (χ1) is 11.5. The Bertz CT molecular complexity index is 713. The third kappa shape index (κ3) is 5.65. The van der Waals surface area contributed by atoms with Crippen LogP contribution in [0.25, 0.3) is 0 Å². The van der Waals surface area contributed by atoms with Gasteiger partial charge in [0.05, 0.1) is 4.90 Å². The molecule has 0 heterocycles. The lowest BCUT2D eigenvalue weighted by molar-refractivity contribution is 0.523. The highest BCUT2D eigenvalue weighted by Crippen LogP contribution is 2.13. The standard InChI is InChI=1S/C19H26N2O2S/c1-3-4-8-18(15-20-17-9-6-5-7-10-17)21-24(22,23)19-13-11-16(2)12-14-19/h5-7,9-14,18,20-21H,3-4,8,15H2,1-2H3. The number of benzene rings is 2. The Hall–Kier alpha value is -1.85. The van der Waals surface area contributed by atoms with Crippen LogP contribution in [-0.2, 0) is 10.0 Å². The summed E-state index contributed by atoms with van der Waals surface area (Å²) in [6.07, 6.45) is 2.83. The summed E-state index contributed by atoms with van der Waals surface area (Å²) < 4.78 is 28.0. The molecule has 0 aromatic heterocycles. The van der Waals surface area contributed by atoms with Gasteiger partial charge in [0.2, 0.25) is 10.0 Å². The van der Waals surface area contributed by atoms with Gasteiger partial charge < -0.3 is 5.32 Å². The SMILES string of the molecule is CCCCC(CNc1ccccc1)NS(=O)(=O)c1ccc(C)cc1. The zero-order valence-corrected chi connectivity index (χ0v) is 15.1. The summed E-state index contributed by atoms with van der Waals surface area (Å²) in [4.78, 5) is 0.314. The molecule has 0 aliphatic heterocycles. The van der Waals surface area contributed by atoms with E-state index in [2.05, 4.69) is 17.0 Å². The summed E-state index contributed by atoms with van der Waals surface area (Å²) in [7, 11) is -3.50. The van der Waals surface area contributed by atoms with Crippen LogP contribution >= 0.6 is 0 Å². The number of para-hydroxylation sites is 1. The number of hydrogen-bond acceptors (Lipinski definition) is 3. The van der Waals surface area contributed by atoms with Gasteiger partial charge in [-0.15, -0.1) is 0 Å². The predicted octanol–water partition coefficient (Wildman–Crippen LogP) is 3.94. The van der Waals surface area contributed by atoms with Crippen molar-refractivity contribution in [1.29, 1.82) is 0 Å². The molecule has 1 atom stereocenters. The highest BCUT2D eigenvalue weighted by atomic mass is 32.2. The van der Waals surface area contributed by atoms with Gasteiger partial charge in [0.1, 0.15) is 0 Å². The Balaban J connectivity index is 2.05. The van der Waals surface area contributed by atoms with Crippen molar-refractivity contribution in [3.63, 3.8) is 0 Å². The summed E-state index contributed by atoms with van der Waals surface area (Å²) in [5, 5.41) is 3.31. The first-order valence-electron chi connectivity index (χ1n) is 8.39. The predicted molar refractivity (Wildman–Crippen MR) is 99.7 cm³/mol. The van der Waals surface area contributed by atoms with E-state index in [-0.39, 0.29) is 6.04 Å². The topological polar surface area (TPSA) is 58.2 Å². The van der Waals surface area contributed by atoms with E-state index in [1.807, 2.05) is 49.4 Å². The van der Waals surface area contributed by atoms with Crippen LogP contribution in [0, 0.1) is 6.92 Å². The van der Waals surface area contributed by atoms with E-state index in [1.54, 1.807) is 12.1 Å². The van der Waals surface area contributed by atoms with Gasteiger partial charge in [-0.2, -0.15) is 0 Å². The second-order valence-corrected chi connectivity index (χ2v) is 7.73. The first-order valence-corrected chi connectivity index (χ1v) is 9.87. The quantitative estimate of drug-likeness (QED) is 0.723. The number of unbranched alkanes of at least 4 members (excludes halogenated alkanes) is 1. The molecule has 0 spiro atoms. The van der Waals surface area contributed by atoms with Crippen molar-refractivity contribution in [2.24, 2.45) is 0 Å². The summed E-state index contributed by atoms with van der Waals surface area (Å²) in [6.45, 7) is 4.61. The molecule has 0 saturated carbocycles. The van der Waals surface area contributed by atoms with Crippen LogP contribution < -0.4 is 10.0 Å². The monoisotopic (exact) mass is 346 g/mol. The molecule has 0 aliphatic carbocycles. The van der Waals surface area contributed by atoms with Gasteiger partial charge in [-0.3, -0.25) is 0 Å². The molecule has 24 heavy (non-hydrogen) atoms. The normalized spacial score (nSPS) is 12.8. The summed E-state index contributed by atoms with van der Waals surface area (Å²) in [6, 6.07) is 16.6. The van der Waals surface area contributed by atoms with Crippen molar-refractivity contribution < 1.29 is 8.42 Å². The van der Waals surface area contributed by atoms with Crippen LogP contribution in [0.4, 0.5) is 5.69 Å². The zero-order valence-electron chi connectivity index (χ0n) is 14.3. The van der Waals surface area contributed by atoms with Gasteiger partial charge in [0, 0.05) is 18.3 Å². The molecule has 0 amide bonds. The molecule has 0 bridgehead atoms. The fourth-order valence-electron chi connectivity index (χ4n) is 2.46. The molecule has 2 aromatic carbocycles. The van der Waals surface area contributed by atoms with E-state index in [0.29, 0.717) is 11.4 Å². The van der Waals surface area contributed by atoms with Crippen LogP contribution in [0.2, 0.25) is 0 Å². The summed E-state index contributed by atoms with van der Waals surface area (Å²) in [5.41, 5.74) is 2.04. The van der Waals surface area contributed by atoms with Gasteiger partial charge in [0.15, 0.2) is 0 Å². The molecule has 2 N–H and O–H groups in total. The average molecular weight is 346 g/mol. The van der Waals surface area contributed by atoms with Crippen molar-refractivity contribution in [2.45, 2.75) is 44.0 Å². The smallest absolute Gasteiger partial charge is 0.240 e. The molecule has 130 valence electrons. The Kier molecular flexibility index (Phi) is 6.82. The molecule has 1 unspecified atom stereocenters. The van der Waals surface area contributed by atoms with Gasteiger partial charge in [-0.05, 0) is 37.6 Å². The van der Waals surface area contributed by atoms with E-state index in [4.69, 9.17) is 0 Å². The fourth-order valence-corrected chi connectivity index (χ4v) is 3.73. The number of rotatable bonds is 9. The van der Waals surface area contributed by atoms with Crippen molar-refractivity contribution >= 4 is 15.7 Å². The highest BCUT2D eigenvalue weighted by Gasteiger charge is 2.19. The Morgan fingerprint density at radius 1 is 1.00 bits per heavy atom. The Morgan fingerprint density at radius 3 is 2.29 bits per heavy atom. The van der Waals surface area contributed by atoms with Gasteiger partial charge in [-0.1, -0.05) is 55.7 Å². The zero-order chi connectivity index (χ0) is 17.4. The Labute approximate surface area is 145 Å². The first kappa shape index (κ1) is 18.5. The van der Waals surface area contributed by atoms with E-state index in [9.17, 15) is 8.42 Å². The van der Waals surface area contributed by atoms with Gasteiger partial charge in [0.25, 0.3) is 0 Å². The van der Waals surface area contributed by atoms with E-state index in [0.717, 1.165) is 30.5 Å². The number of sulfonamides is 1. The molecule has 2 rings (SSSR count). The number of anilines is 1. The minimum atomic E-state index is -3.50. The molecule has 0 radical (unpaired) electrons. The number of hydrogen-bond donors (Lipinski definition) is 2. The van der Waals surface area contributed by atoms with Crippen LogP contribution in [0.5, 0.6) is 0 Å². The fraction of sp³-hybridized carbons (Fsp3) is 0.368.